The Labute approximate surface area is 107 Å². The number of nitrogens with zero attached hydrogens (tertiary/aromatic N) is 2. The molecule has 0 amide bonds. The maximum absolute atomic E-state index is 5.88. The molecule has 0 fully saturated rings. The van der Waals surface area contributed by atoms with Gasteiger partial charge in [-0.25, -0.2) is 9.97 Å². The van der Waals surface area contributed by atoms with E-state index in [9.17, 15) is 0 Å². The van der Waals surface area contributed by atoms with Gasteiger partial charge in [0.2, 0.25) is 0 Å². The first-order chi connectivity index (χ1) is 7.15. The second kappa shape index (κ2) is 4.45. The van der Waals surface area contributed by atoms with Crippen LogP contribution in [0, 0.1) is 10.5 Å². The molecule has 1 aromatic carbocycles. The van der Waals surface area contributed by atoms with Crippen LogP contribution in [-0.4, -0.2) is 9.97 Å². The van der Waals surface area contributed by atoms with E-state index in [2.05, 4.69) is 32.6 Å². The molecule has 2 rings (SSSR count). The van der Waals surface area contributed by atoms with Crippen LogP contribution in [0.4, 0.5) is 0 Å². The number of hydrogen-bond acceptors (Lipinski definition) is 2. The van der Waals surface area contributed by atoms with E-state index in [-0.39, 0.29) is 0 Å². The molecule has 0 atom stereocenters. The van der Waals surface area contributed by atoms with E-state index < -0.39 is 0 Å². The summed E-state index contributed by atoms with van der Waals surface area (Å²) in [6, 6.07) is 9.78. The fourth-order valence-electron chi connectivity index (χ4n) is 1.26. The SMILES string of the molecule is Cc1cc(Cl)nc(-c2ccc(I)cc2)n1. The zero-order chi connectivity index (χ0) is 10.8. The molecule has 0 unspecified atom stereocenters. The third-order valence-electron chi connectivity index (χ3n) is 1.93. The van der Waals surface area contributed by atoms with Crippen molar-refractivity contribution in [1.82, 2.24) is 9.97 Å². The minimum absolute atomic E-state index is 0.482. The summed E-state index contributed by atoms with van der Waals surface area (Å²) in [5.41, 5.74) is 1.87. The zero-order valence-corrected chi connectivity index (χ0v) is 11.0. The first-order valence-corrected chi connectivity index (χ1v) is 5.88. The molecule has 4 heteroatoms. The number of aromatic nitrogens is 2. The highest BCUT2D eigenvalue weighted by Crippen LogP contribution is 2.18. The topological polar surface area (TPSA) is 25.8 Å². The molecule has 0 saturated heterocycles. The molecular weight excluding hydrogens is 322 g/mol. The van der Waals surface area contributed by atoms with E-state index in [0.717, 1.165) is 11.3 Å². The third kappa shape index (κ3) is 2.66. The largest absolute Gasteiger partial charge is 0.233 e. The fraction of sp³-hybridized carbons (Fsp3) is 0.0909. The van der Waals surface area contributed by atoms with E-state index in [1.165, 1.54) is 3.57 Å². The van der Waals surface area contributed by atoms with E-state index in [1.54, 1.807) is 6.07 Å². The molecule has 15 heavy (non-hydrogen) atoms. The second-order valence-corrected chi connectivity index (χ2v) is 4.80. The van der Waals surface area contributed by atoms with Gasteiger partial charge in [0.1, 0.15) is 5.15 Å². The lowest BCUT2D eigenvalue weighted by Crippen LogP contribution is -1.92. The minimum atomic E-state index is 0.482. The van der Waals surface area contributed by atoms with Crippen molar-refractivity contribution in [2.75, 3.05) is 0 Å². The van der Waals surface area contributed by atoms with Crippen molar-refractivity contribution in [3.8, 4) is 11.4 Å². The van der Waals surface area contributed by atoms with Crippen LogP contribution >= 0.6 is 34.2 Å². The highest BCUT2D eigenvalue weighted by atomic mass is 127. The smallest absolute Gasteiger partial charge is 0.161 e. The molecule has 0 aliphatic carbocycles. The Kier molecular flexibility index (Phi) is 3.21. The quantitative estimate of drug-likeness (QED) is 0.588. The van der Waals surface area contributed by atoms with Crippen molar-refractivity contribution in [3.63, 3.8) is 0 Å². The summed E-state index contributed by atoms with van der Waals surface area (Å²) in [4.78, 5) is 8.52. The Morgan fingerprint density at radius 1 is 1.13 bits per heavy atom. The molecule has 0 aliphatic rings. The lowest BCUT2D eigenvalue weighted by Gasteiger charge is -2.02. The molecule has 2 aromatic rings. The van der Waals surface area contributed by atoms with E-state index >= 15 is 0 Å². The number of hydrogen-bond donors (Lipinski definition) is 0. The lowest BCUT2D eigenvalue weighted by molar-refractivity contribution is 1.11. The molecule has 0 N–H and O–H groups in total. The van der Waals surface area contributed by atoms with Gasteiger partial charge in [-0.3, -0.25) is 0 Å². The van der Waals surface area contributed by atoms with Crippen LogP contribution in [0.25, 0.3) is 11.4 Å². The molecule has 76 valence electrons. The van der Waals surface area contributed by atoms with Crippen LogP contribution in [0.15, 0.2) is 30.3 Å². The fourth-order valence-corrected chi connectivity index (χ4v) is 1.86. The Balaban J connectivity index is 2.49. The molecule has 0 aliphatic heterocycles. The molecule has 2 nitrogen and oxygen atoms in total. The molecule has 0 bridgehead atoms. The third-order valence-corrected chi connectivity index (χ3v) is 2.84. The number of halogens is 2. The summed E-state index contributed by atoms with van der Waals surface area (Å²) in [6.45, 7) is 1.91. The van der Waals surface area contributed by atoms with Crippen LogP contribution in [0.3, 0.4) is 0 Å². The summed E-state index contributed by atoms with van der Waals surface area (Å²) in [6.07, 6.45) is 0. The predicted octanol–water partition coefficient (Wildman–Crippen LogP) is 3.71. The van der Waals surface area contributed by atoms with E-state index in [1.807, 2.05) is 31.2 Å². The molecule has 0 saturated carbocycles. The Hall–Kier alpha value is -0.680. The molecule has 0 radical (unpaired) electrons. The molecular formula is C11H8ClIN2. The second-order valence-electron chi connectivity index (χ2n) is 3.16. The van der Waals surface area contributed by atoms with Crippen LogP contribution in [0.2, 0.25) is 5.15 Å². The van der Waals surface area contributed by atoms with Crippen molar-refractivity contribution in [1.29, 1.82) is 0 Å². The average Bonchev–Trinajstić information content (AvgIpc) is 2.17. The normalized spacial score (nSPS) is 10.3. The Morgan fingerprint density at radius 3 is 2.40 bits per heavy atom. The number of aryl methyl sites for hydroxylation is 1. The van der Waals surface area contributed by atoms with Gasteiger partial charge in [0.25, 0.3) is 0 Å². The van der Waals surface area contributed by atoms with Gasteiger partial charge in [0.05, 0.1) is 0 Å². The first-order valence-electron chi connectivity index (χ1n) is 4.42. The summed E-state index contributed by atoms with van der Waals surface area (Å²) >= 11 is 8.14. The summed E-state index contributed by atoms with van der Waals surface area (Å²) in [5, 5.41) is 0.482. The van der Waals surface area contributed by atoms with Gasteiger partial charge in [-0.15, -0.1) is 0 Å². The van der Waals surface area contributed by atoms with Crippen molar-refractivity contribution in [2.24, 2.45) is 0 Å². The van der Waals surface area contributed by atoms with Gasteiger partial charge in [0, 0.05) is 14.8 Å². The lowest BCUT2D eigenvalue weighted by atomic mass is 10.2. The van der Waals surface area contributed by atoms with Gasteiger partial charge in [-0.05, 0) is 47.7 Å². The van der Waals surface area contributed by atoms with Gasteiger partial charge in [-0.1, -0.05) is 23.7 Å². The summed E-state index contributed by atoms with van der Waals surface area (Å²) < 4.78 is 1.19. The van der Waals surface area contributed by atoms with Gasteiger partial charge >= 0.3 is 0 Å². The summed E-state index contributed by atoms with van der Waals surface area (Å²) in [5.74, 6) is 0.677. The highest BCUT2D eigenvalue weighted by molar-refractivity contribution is 14.1. The van der Waals surface area contributed by atoms with Crippen LogP contribution in [-0.2, 0) is 0 Å². The van der Waals surface area contributed by atoms with Crippen molar-refractivity contribution in [2.45, 2.75) is 6.92 Å². The predicted molar refractivity (Wildman–Crippen MR) is 69.9 cm³/mol. The van der Waals surface area contributed by atoms with E-state index in [4.69, 9.17) is 11.6 Å². The maximum Gasteiger partial charge on any atom is 0.161 e. The number of rotatable bonds is 1. The van der Waals surface area contributed by atoms with Gasteiger partial charge in [0.15, 0.2) is 5.82 Å². The summed E-state index contributed by atoms with van der Waals surface area (Å²) in [7, 11) is 0. The standard InChI is InChI=1S/C11H8ClIN2/c1-7-6-10(12)15-11(14-7)8-2-4-9(13)5-3-8/h2-6H,1H3. The van der Waals surface area contributed by atoms with Gasteiger partial charge in [-0.2, -0.15) is 0 Å². The zero-order valence-electron chi connectivity index (χ0n) is 8.04. The highest BCUT2D eigenvalue weighted by Gasteiger charge is 2.03. The average molecular weight is 331 g/mol. The molecule has 0 spiro atoms. The molecule has 1 aromatic heterocycles. The minimum Gasteiger partial charge on any atom is -0.233 e. The van der Waals surface area contributed by atoms with Gasteiger partial charge < -0.3 is 0 Å². The Morgan fingerprint density at radius 2 is 1.80 bits per heavy atom. The maximum atomic E-state index is 5.88. The monoisotopic (exact) mass is 330 g/mol. The first kappa shape index (κ1) is 10.8. The molecule has 1 heterocycles. The van der Waals surface area contributed by atoms with Crippen molar-refractivity contribution < 1.29 is 0 Å². The van der Waals surface area contributed by atoms with Crippen LogP contribution in [0.5, 0.6) is 0 Å². The van der Waals surface area contributed by atoms with Crippen LogP contribution < -0.4 is 0 Å². The van der Waals surface area contributed by atoms with Crippen molar-refractivity contribution >= 4 is 34.2 Å². The Bertz CT molecular complexity index is 462. The number of benzene rings is 1. The van der Waals surface area contributed by atoms with Crippen molar-refractivity contribution in [3.05, 3.63) is 44.7 Å². The van der Waals surface area contributed by atoms with E-state index in [0.29, 0.717) is 11.0 Å². The van der Waals surface area contributed by atoms with Crippen LogP contribution in [0.1, 0.15) is 5.69 Å².